The molecule has 0 saturated heterocycles. The van der Waals surface area contributed by atoms with Crippen LogP contribution in [0.5, 0.6) is 0 Å². The van der Waals surface area contributed by atoms with Crippen LogP contribution in [0, 0.1) is 23.7 Å². The van der Waals surface area contributed by atoms with E-state index in [9.17, 15) is 43.2 Å². The summed E-state index contributed by atoms with van der Waals surface area (Å²) in [6, 6.07) is 0. The lowest BCUT2D eigenvalue weighted by Gasteiger charge is -2.21. The smallest absolute Gasteiger partial charge is 0.462 e. The van der Waals surface area contributed by atoms with Gasteiger partial charge in [0, 0.05) is 25.7 Å². The molecule has 0 heterocycles. The zero-order chi connectivity index (χ0) is 71.0. The number of phosphoric acid groups is 2. The van der Waals surface area contributed by atoms with Crippen molar-refractivity contribution in [3.63, 3.8) is 0 Å². The minimum Gasteiger partial charge on any atom is -0.462 e. The average molecular weight is 1410 g/mol. The second-order valence-corrected chi connectivity index (χ2v) is 32.3. The first-order chi connectivity index (χ1) is 46.1. The number of aliphatic hydroxyl groups excluding tert-OH is 1. The Balaban J connectivity index is 5.17. The van der Waals surface area contributed by atoms with Crippen molar-refractivity contribution in [3.8, 4) is 0 Å². The molecular weight excluding hydrogens is 1260 g/mol. The number of carbonyl (C=O) groups is 4. The van der Waals surface area contributed by atoms with Gasteiger partial charge in [-0.25, -0.2) is 9.13 Å². The van der Waals surface area contributed by atoms with Gasteiger partial charge in [-0.2, -0.15) is 0 Å². The highest BCUT2D eigenvalue weighted by atomic mass is 31.2. The highest BCUT2D eigenvalue weighted by Crippen LogP contribution is 2.45. The minimum absolute atomic E-state index is 0.101. The molecule has 0 aliphatic carbocycles. The van der Waals surface area contributed by atoms with Crippen molar-refractivity contribution in [3.05, 3.63) is 0 Å². The number of rotatable bonds is 74. The third-order valence-corrected chi connectivity index (χ3v) is 20.1. The summed E-state index contributed by atoms with van der Waals surface area (Å²) >= 11 is 0. The summed E-state index contributed by atoms with van der Waals surface area (Å²) in [6.45, 7) is 14.1. The van der Waals surface area contributed by atoms with E-state index in [1.54, 1.807) is 0 Å². The predicted octanol–water partition coefficient (Wildman–Crippen LogP) is 22.4. The topological polar surface area (TPSA) is 237 Å². The average Bonchev–Trinajstić information content (AvgIpc) is 2.96. The molecule has 3 N–H and O–H groups in total. The number of aliphatic hydroxyl groups is 1. The Morgan fingerprint density at radius 1 is 0.292 bits per heavy atom. The van der Waals surface area contributed by atoms with Gasteiger partial charge in [-0.3, -0.25) is 37.3 Å². The summed E-state index contributed by atoms with van der Waals surface area (Å²) in [4.78, 5) is 72.7. The molecule has 0 aliphatic rings. The fourth-order valence-corrected chi connectivity index (χ4v) is 13.3. The maximum Gasteiger partial charge on any atom is 0.472 e. The van der Waals surface area contributed by atoms with E-state index in [1.807, 2.05) is 0 Å². The largest absolute Gasteiger partial charge is 0.472 e. The van der Waals surface area contributed by atoms with Crippen molar-refractivity contribution in [1.82, 2.24) is 0 Å². The molecule has 0 bridgehead atoms. The molecule has 0 fully saturated rings. The molecule has 0 amide bonds. The van der Waals surface area contributed by atoms with Gasteiger partial charge < -0.3 is 33.8 Å². The summed E-state index contributed by atoms with van der Waals surface area (Å²) in [5.74, 6) is 0.884. The zero-order valence-electron chi connectivity index (χ0n) is 63.0. The van der Waals surface area contributed by atoms with Crippen LogP contribution in [0.1, 0.15) is 389 Å². The normalized spacial score (nSPS) is 14.4. The van der Waals surface area contributed by atoms with Gasteiger partial charge in [0.25, 0.3) is 0 Å². The Kier molecular flexibility index (Phi) is 65.0. The standard InChI is InChI=1S/C77H150O17P2/c1-9-70(8)56-48-40-30-26-22-18-14-12-10-11-13-15-19-24-28-32-43-51-59-76(81)93-72(63-87-74(79)57-49-41-31-27-23-20-16-17-21-25-29-37-45-53-67(2)3)65-91-95(83,84)89-61-71(78)62-90-96(85,86)92-66-73(94-77(82)60-52-44-36-34-39-47-55-69(6)7)64-88-75(80)58-50-42-35-33-38-46-54-68(4)5/h67-73,78H,9-66H2,1-8H3,(H,83,84)(H,85,86)/t70?,71-,72-,73-/m1/s1. The third kappa shape index (κ3) is 69.2. The van der Waals surface area contributed by atoms with E-state index in [2.05, 4.69) is 55.4 Å². The van der Waals surface area contributed by atoms with Gasteiger partial charge in [-0.1, -0.05) is 338 Å². The summed E-state index contributed by atoms with van der Waals surface area (Å²) in [5.41, 5.74) is 0. The second kappa shape index (κ2) is 66.3. The summed E-state index contributed by atoms with van der Waals surface area (Å²) in [6.07, 6.45) is 51.8. The fourth-order valence-electron chi connectivity index (χ4n) is 11.7. The fraction of sp³-hybridized carbons (Fsp3) is 0.948. The molecule has 0 rings (SSSR count). The molecule has 0 aromatic rings. The Morgan fingerprint density at radius 2 is 0.500 bits per heavy atom. The van der Waals surface area contributed by atoms with E-state index in [0.29, 0.717) is 37.5 Å². The Morgan fingerprint density at radius 3 is 0.740 bits per heavy atom. The van der Waals surface area contributed by atoms with Crippen LogP contribution in [0.4, 0.5) is 0 Å². The van der Waals surface area contributed by atoms with Crippen LogP contribution < -0.4 is 0 Å². The molecule has 6 atom stereocenters. The Labute approximate surface area is 588 Å². The lowest BCUT2D eigenvalue weighted by molar-refractivity contribution is -0.161. The van der Waals surface area contributed by atoms with E-state index in [1.165, 1.54) is 186 Å². The number of unbranched alkanes of at least 4 members (excludes halogenated alkanes) is 39. The first kappa shape index (κ1) is 94.1. The number of phosphoric ester groups is 2. The molecular formula is C77H150O17P2. The molecule has 0 radical (unpaired) electrons. The van der Waals surface area contributed by atoms with Gasteiger partial charge in [-0.15, -0.1) is 0 Å². The quantitative estimate of drug-likeness (QED) is 0.0222. The van der Waals surface area contributed by atoms with Crippen LogP contribution in [-0.2, 0) is 65.4 Å². The van der Waals surface area contributed by atoms with Crippen molar-refractivity contribution in [2.75, 3.05) is 39.6 Å². The summed E-state index contributed by atoms with van der Waals surface area (Å²) in [5, 5.41) is 10.6. The molecule has 3 unspecified atom stereocenters. The van der Waals surface area contributed by atoms with E-state index >= 15 is 0 Å². The van der Waals surface area contributed by atoms with Crippen LogP contribution in [0.25, 0.3) is 0 Å². The van der Waals surface area contributed by atoms with E-state index in [-0.39, 0.29) is 25.7 Å². The van der Waals surface area contributed by atoms with Crippen molar-refractivity contribution in [2.45, 2.75) is 408 Å². The van der Waals surface area contributed by atoms with Gasteiger partial charge in [0.2, 0.25) is 0 Å². The first-order valence-corrected chi connectivity index (χ1v) is 42.7. The highest BCUT2D eigenvalue weighted by molar-refractivity contribution is 7.47. The molecule has 17 nitrogen and oxygen atoms in total. The number of esters is 4. The van der Waals surface area contributed by atoms with Crippen LogP contribution in [0.3, 0.4) is 0 Å². The molecule has 0 aromatic carbocycles. The maximum absolute atomic E-state index is 13.1. The van der Waals surface area contributed by atoms with Gasteiger partial charge >= 0.3 is 39.5 Å². The van der Waals surface area contributed by atoms with E-state index in [0.717, 1.165) is 108 Å². The molecule has 0 aromatic heterocycles. The number of ether oxygens (including phenoxy) is 4. The summed E-state index contributed by atoms with van der Waals surface area (Å²) < 4.78 is 68.4. The van der Waals surface area contributed by atoms with Crippen LogP contribution >= 0.6 is 15.6 Å². The number of carbonyl (C=O) groups excluding carboxylic acids is 4. The summed E-state index contributed by atoms with van der Waals surface area (Å²) in [7, 11) is -9.91. The monoisotopic (exact) mass is 1410 g/mol. The predicted molar refractivity (Wildman–Crippen MR) is 391 cm³/mol. The first-order valence-electron chi connectivity index (χ1n) is 39.7. The molecule has 570 valence electrons. The maximum atomic E-state index is 13.1. The van der Waals surface area contributed by atoms with Gasteiger partial charge in [0.15, 0.2) is 12.2 Å². The molecule has 0 aliphatic heterocycles. The van der Waals surface area contributed by atoms with Crippen LogP contribution in [0.15, 0.2) is 0 Å². The van der Waals surface area contributed by atoms with Gasteiger partial charge in [-0.05, 0) is 49.4 Å². The van der Waals surface area contributed by atoms with Crippen LogP contribution in [0.2, 0.25) is 0 Å². The Hall–Kier alpha value is -1.94. The second-order valence-electron chi connectivity index (χ2n) is 29.4. The third-order valence-electron chi connectivity index (χ3n) is 18.2. The van der Waals surface area contributed by atoms with Gasteiger partial charge in [0.1, 0.15) is 19.3 Å². The van der Waals surface area contributed by atoms with E-state index < -0.39 is 97.5 Å². The highest BCUT2D eigenvalue weighted by Gasteiger charge is 2.30. The van der Waals surface area contributed by atoms with E-state index in [4.69, 9.17) is 37.0 Å². The molecule has 96 heavy (non-hydrogen) atoms. The lowest BCUT2D eigenvalue weighted by Crippen LogP contribution is -2.30. The number of hydrogen-bond donors (Lipinski definition) is 3. The van der Waals surface area contributed by atoms with Crippen molar-refractivity contribution in [2.24, 2.45) is 23.7 Å². The lowest BCUT2D eigenvalue weighted by atomic mass is 9.99. The molecule has 19 heteroatoms. The molecule has 0 spiro atoms. The van der Waals surface area contributed by atoms with Crippen molar-refractivity contribution >= 4 is 39.5 Å². The number of hydrogen-bond acceptors (Lipinski definition) is 15. The van der Waals surface area contributed by atoms with Gasteiger partial charge in [0.05, 0.1) is 26.4 Å². The molecule has 0 saturated carbocycles. The SMILES string of the molecule is CCC(C)CCCCCCCCCCCCCCCCCCCCC(=O)O[C@H](COC(=O)CCCCCCCCCCCCCCCC(C)C)COP(=O)(O)OC[C@@H](O)COP(=O)(O)OC[C@@H](COC(=O)CCCCCCCCC(C)C)OC(=O)CCCCCCCCC(C)C. The Bertz CT molecular complexity index is 1890. The zero-order valence-corrected chi connectivity index (χ0v) is 64.8. The van der Waals surface area contributed by atoms with Crippen molar-refractivity contribution < 1.29 is 80.2 Å². The van der Waals surface area contributed by atoms with Crippen molar-refractivity contribution in [1.29, 1.82) is 0 Å². The minimum atomic E-state index is -4.96. The van der Waals surface area contributed by atoms with Crippen LogP contribution in [-0.4, -0.2) is 96.7 Å².